The van der Waals surface area contributed by atoms with Crippen LogP contribution in [0, 0.1) is 0 Å². The van der Waals surface area contributed by atoms with Crippen LogP contribution in [0.4, 0.5) is 18.9 Å². The fourth-order valence-electron chi connectivity index (χ4n) is 2.16. The van der Waals surface area contributed by atoms with Crippen LogP contribution in [0.2, 0.25) is 0 Å². The van der Waals surface area contributed by atoms with E-state index in [0.717, 1.165) is 19.0 Å². The maximum Gasteiger partial charge on any atom is 0.422 e. The van der Waals surface area contributed by atoms with Crippen molar-refractivity contribution in [2.24, 2.45) is 0 Å². The van der Waals surface area contributed by atoms with E-state index in [9.17, 15) is 22.8 Å². The second kappa shape index (κ2) is 7.65. The SMILES string of the molecule is O=C(Nc1ccc(C(=O)NC2CC2)cc1)c1ccc(OCC(F)(F)F)nc1. The van der Waals surface area contributed by atoms with E-state index in [2.05, 4.69) is 20.4 Å². The van der Waals surface area contributed by atoms with Gasteiger partial charge in [0.25, 0.3) is 11.8 Å². The van der Waals surface area contributed by atoms with E-state index in [1.54, 1.807) is 24.3 Å². The first-order chi connectivity index (χ1) is 12.8. The van der Waals surface area contributed by atoms with Crippen LogP contribution < -0.4 is 15.4 Å². The number of hydrogen-bond donors (Lipinski definition) is 2. The van der Waals surface area contributed by atoms with Crippen molar-refractivity contribution in [3.8, 4) is 5.88 Å². The van der Waals surface area contributed by atoms with Crippen molar-refractivity contribution >= 4 is 17.5 Å². The van der Waals surface area contributed by atoms with Crippen molar-refractivity contribution in [1.29, 1.82) is 0 Å². The van der Waals surface area contributed by atoms with Crippen molar-refractivity contribution in [1.82, 2.24) is 10.3 Å². The average Bonchev–Trinajstić information content (AvgIpc) is 3.44. The van der Waals surface area contributed by atoms with Gasteiger partial charge in [-0.1, -0.05) is 0 Å². The van der Waals surface area contributed by atoms with Crippen LogP contribution in [0.3, 0.4) is 0 Å². The van der Waals surface area contributed by atoms with Crippen molar-refractivity contribution in [2.45, 2.75) is 25.1 Å². The molecular formula is C18H16F3N3O3. The van der Waals surface area contributed by atoms with Crippen molar-refractivity contribution in [2.75, 3.05) is 11.9 Å². The minimum atomic E-state index is -4.46. The van der Waals surface area contributed by atoms with Gasteiger partial charge in [0.1, 0.15) is 0 Å². The number of amides is 2. The van der Waals surface area contributed by atoms with E-state index in [-0.39, 0.29) is 23.4 Å². The molecule has 1 fully saturated rings. The fraction of sp³-hybridized carbons (Fsp3) is 0.278. The third-order valence-corrected chi connectivity index (χ3v) is 3.70. The summed E-state index contributed by atoms with van der Waals surface area (Å²) in [5.41, 5.74) is 1.12. The van der Waals surface area contributed by atoms with Gasteiger partial charge in [0.05, 0.1) is 5.56 Å². The monoisotopic (exact) mass is 379 g/mol. The Labute approximate surface area is 152 Å². The first-order valence-electron chi connectivity index (χ1n) is 8.18. The quantitative estimate of drug-likeness (QED) is 0.808. The zero-order chi connectivity index (χ0) is 19.4. The molecular weight excluding hydrogens is 363 g/mol. The molecule has 2 aromatic rings. The van der Waals surface area contributed by atoms with E-state index in [4.69, 9.17) is 0 Å². The first kappa shape index (κ1) is 18.7. The Balaban J connectivity index is 1.55. The van der Waals surface area contributed by atoms with E-state index in [1.165, 1.54) is 12.1 Å². The summed E-state index contributed by atoms with van der Waals surface area (Å²) in [6.07, 6.45) is -1.35. The first-order valence-corrected chi connectivity index (χ1v) is 8.18. The van der Waals surface area contributed by atoms with Gasteiger partial charge in [-0.3, -0.25) is 9.59 Å². The maximum atomic E-state index is 12.2. The molecule has 9 heteroatoms. The Morgan fingerprint density at radius 3 is 2.26 bits per heavy atom. The van der Waals surface area contributed by atoms with Gasteiger partial charge in [0.2, 0.25) is 5.88 Å². The van der Waals surface area contributed by atoms with Crippen LogP contribution in [0.5, 0.6) is 5.88 Å². The third kappa shape index (κ3) is 5.70. The summed E-state index contributed by atoms with van der Waals surface area (Å²) >= 11 is 0. The molecule has 0 bridgehead atoms. The largest absolute Gasteiger partial charge is 0.468 e. The summed E-state index contributed by atoms with van der Waals surface area (Å²) in [6.45, 7) is -1.45. The number of aromatic nitrogens is 1. The van der Waals surface area contributed by atoms with Crippen LogP contribution in [0.15, 0.2) is 42.6 Å². The molecule has 2 N–H and O–H groups in total. The Morgan fingerprint density at radius 2 is 1.70 bits per heavy atom. The molecule has 0 radical (unpaired) electrons. The van der Waals surface area contributed by atoms with E-state index in [0.29, 0.717) is 11.3 Å². The van der Waals surface area contributed by atoms with Crippen LogP contribution >= 0.6 is 0 Å². The lowest BCUT2D eigenvalue weighted by Gasteiger charge is -2.09. The molecule has 1 aromatic heterocycles. The zero-order valence-corrected chi connectivity index (χ0v) is 14.0. The molecule has 1 saturated carbocycles. The minimum Gasteiger partial charge on any atom is -0.468 e. The normalized spacial score (nSPS) is 13.7. The number of anilines is 1. The Bertz CT molecular complexity index is 816. The number of benzene rings is 1. The minimum absolute atomic E-state index is 0.157. The number of pyridine rings is 1. The summed E-state index contributed by atoms with van der Waals surface area (Å²) < 4.78 is 40.8. The Hall–Kier alpha value is -3.10. The second-order valence-electron chi connectivity index (χ2n) is 6.07. The van der Waals surface area contributed by atoms with Crippen LogP contribution in [0.25, 0.3) is 0 Å². The smallest absolute Gasteiger partial charge is 0.422 e. The molecule has 0 spiro atoms. The predicted octanol–water partition coefficient (Wildman–Crippen LogP) is 3.17. The van der Waals surface area contributed by atoms with E-state index in [1.807, 2.05) is 0 Å². The molecule has 1 heterocycles. The molecule has 2 amide bonds. The summed E-state index contributed by atoms with van der Waals surface area (Å²) in [6, 6.07) is 9.13. The molecule has 0 aliphatic heterocycles. The van der Waals surface area contributed by atoms with Gasteiger partial charge in [0, 0.05) is 29.6 Å². The summed E-state index contributed by atoms with van der Waals surface area (Å²) in [4.78, 5) is 27.8. The van der Waals surface area contributed by atoms with Crippen LogP contribution in [0.1, 0.15) is 33.6 Å². The van der Waals surface area contributed by atoms with E-state index < -0.39 is 18.7 Å². The van der Waals surface area contributed by atoms with Gasteiger partial charge in [-0.25, -0.2) is 4.98 Å². The van der Waals surface area contributed by atoms with Gasteiger partial charge in [0.15, 0.2) is 6.61 Å². The number of nitrogens with zero attached hydrogens (tertiary/aromatic N) is 1. The Kier molecular flexibility index (Phi) is 5.29. The number of halogens is 3. The average molecular weight is 379 g/mol. The van der Waals surface area contributed by atoms with Gasteiger partial charge in [-0.2, -0.15) is 13.2 Å². The molecule has 3 rings (SSSR count). The highest BCUT2D eigenvalue weighted by Gasteiger charge is 2.28. The number of rotatable bonds is 6. The zero-order valence-electron chi connectivity index (χ0n) is 14.0. The molecule has 1 aliphatic rings. The summed E-state index contributed by atoms with van der Waals surface area (Å²) in [5.74, 6) is -0.871. The summed E-state index contributed by atoms with van der Waals surface area (Å²) in [7, 11) is 0. The predicted molar refractivity (Wildman–Crippen MR) is 90.7 cm³/mol. The van der Waals surface area contributed by atoms with Crippen molar-refractivity contribution in [3.05, 3.63) is 53.7 Å². The van der Waals surface area contributed by atoms with Gasteiger partial charge in [-0.05, 0) is 43.2 Å². The molecule has 0 unspecified atom stereocenters. The lowest BCUT2D eigenvalue weighted by molar-refractivity contribution is -0.154. The molecule has 1 aliphatic carbocycles. The molecule has 6 nitrogen and oxygen atoms in total. The lowest BCUT2D eigenvalue weighted by Crippen LogP contribution is -2.25. The summed E-state index contributed by atoms with van der Waals surface area (Å²) in [5, 5.41) is 5.49. The second-order valence-corrected chi connectivity index (χ2v) is 6.07. The number of ether oxygens (including phenoxy) is 1. The van der Waals surface area contributed by atoms with Gasteiger partial charge >= 0.3 is 6.18 Å². The fourth-order valence-corrected chi connectivity index (χ4v) is 2.16. The molecule has 0 atom stereocenters. The van der Waals surface area contributed by atoms with E-state index >= 15 is 0 Å². The molecule has 0 saturated heterocycles. The number of carbonyl (C=O) groups is 2. The molecule has 27 heavy (non-hydrogen) atoms. The topological polar surface area (TPSA) is 80.3 Å². The molecule has 142 valence electrons. The number of carbonyl (C=O) groups excluding carboxylic acids is 2. The Morgan fingerprint density at radius 1 is 1.04 bits per heavy atom. The van der Waals surface area contributed by atoms with Gasteiger partial charge in [-0.15, -0.1) is 0 Å². The number of alkyl halides is 3. The van der Waals surface area contributed by atoms with Crippen LogP contribution in [-0.4, -0.2) is 35.6 Å². The highest BCUT2D eigenvalue weighted by Crippen LogP contribution is 2.20. The highest BCUT2D eigenvalue weighted by atomic mass is 19.4. The maximum absolute atomic E-state index is 12.2. The van der Waals surface area contributed by atoms with Crippen molar-refractivity contribution < 1.29 is 27.5 Å². The third-order valence-electron chi connectivity index (χ3n) is 3.70. The standard InChI is InChI=1S/C18H16F3N3O3/c19-18(20,21)10-27-15-8-3-12(9-22-15)17(26)24-13-4-1-11(2-5-13)16(25)23-14-6-7-14/h1-5,8-9,14H,6-7,10H2,(H,23,25)(H,24,26). The lowest BCUT2D eigenvalue weighted by atomic mass is 10.2. The van der Waals surface area contributed by atoms with Gasteiger partial charge < -0.3 is 15.4 Å². The number of nitrogens with one attached hydrogen (secondary N) is 2. The van der Waals surface area contributed by atoms with Crippen molar-refractivity contribution in [3.63, 3.8) is 0 Å². The highest BCUT2D eigenvalue weighted by molar-refractivity contribution is 6.04. The molecule has 1 aromatic carbocycles. The van der Waals surface area contributed by atoms with Crippen LogP contribution in [-0.2, 0) is 0 Å². The number of hydrogen-bond acceptors (Lipinski definition) is 4.